The van der Waals surface area contributed by atoms with Gasteiger partial charge < -0.3 is 19.9 Å². The van der Waals surface area contributed by atoms with Gasteiger partial charge in [-0.05, 0) is 94.6 Å². The average molecular weight is 496 g/mol. The minimum Gasteiger partial charge on any atom is -0.494 e. The number of rotatable bonds is 10. The van der Waals surface area contributed by atoms with E-state index in [1.807, 2.05) is 24.3 Å². The molecule has 2 unspecified atom stereocenters. The van der Waals surface area contributed by atoms with E-state index < -0.39 is 0 Å². The van der Waals surface area contributed by atoms with E-state index in [1.54, 1.807) is 0 Å². The summed E-state index contributed by atoms with van der Waals surface area (Å²) in [7, 11) is 0. The van der Waals surface area contributed by atoms with E-state index in [0.717, 1.165) is 49.1 Å². The Kier molecular flexibility index (Phi) is 10.3. The second-order valence-electron chi connectivity index (χ2n) is 11.0. The topological polar surface area (TPSA) is 74.4 Å². The molecular weight excluding hydrogens is 450 g/mol. The number of ether oxygens (including phenoxy) is 1. The van der Waals surface area contributed by atoms with Crippen molar-refractivity contribution in [3.63, 3.8) is 0 Å². The zero-order valence-electron chi connectivity index (χ0n) is 22.1. The normalized spacial score (nSPS) is 20.4. The van der Waals surface area contributed by atoms with Crippen molar-refractivity contribution in [1.29, 1.82) is 0 Å². The number of amides is 1. The Morgan fingerprint density at radius 3 is 2.61 bits per heavy atom. The Hall–Kier alpha value is -2.34. The molecule has 2 heterocycles. The van der Waals surface area contributed by atoms with E-state index in [0.29, 0.717) is 36.8 Å². The summed E-state index contributed by atoms with van der Waals surface area (Å²) in [6.45, 7) is 5.95. The number of hydrogen-bond donors (Lipinski definition) is 2. The first-order chi connectivity index (χ1) is 17.6. The number of benzene rings is 1. The summed E-state index contributed by atoms with van der Waals surface area (Å²) >= 11 is 0. The maximum absolute atomic E-state index is 13.5. The Morgan fingerprint density at radius 2 is 1.83 bits per heavy atom. The molecule has 1 saturated carbocycles. The largest absolute Gasteiger partial charge is 0.494 e. The highest BCUT2D eigenvalue weighted by Crippen LogP contribution is 2.27. The van der Waals surface area contributed by atoms with Crippen molar-refractivity contribution >= 4 is 16.8 Å². The van der Waals surface area contributed by atoms with Crippen LogP contribution in [0.3, 0.4) is 0 Å². The molecule has 2 N–H and O–H groups in total. The number of hydrogen-bond acceptors (Lipinski definition) is 4. The van der Waals surface area contributed by atoms with Gasteiger partial charge in [-0.2, -0.15) is 0 Å². The molecule has 1 aliphatic carbocycles. The van der Waals surface area contributed by atoms with Gasteiger partial charge in [0, 0.05) is 36.0 Å². The first-order valence-electron chi connectivity index (χ1n) is 14.4. The zero-order valence-corrected chi connectivity index (χ0v) is 22.1. The lowest BCUT2D eigenvalue weighted by Crippen LogP contribution is -2.49. The molecule has 2 fully saturated rings. The van der Waals surface area contributed by atoms with Gasteiger partial charge in [0.25, 0.3) is 0 Å². The third-order valence-electron chi connectivity index (χ3n) is 8.26. The molecular formula is C30H45N3O3. The molecule has 6 heteroatoms. The summed E-state index contributed by atoms with van der Waals surface area (Å²) < 4.78 is 5.95. The summed E-state index contributed by atoms with van der Waals surface area (Å²) in [6, 6.07) is 9.37. The monoisotopic (exact) mass is 495 g/mol. The number of aromatic nitrogens is 1. The molecule has 2 atom stereocenters. The molecule has 4 rings (SSSR count). The number of piperidine rings is 1. The summed E-state index contributed by atoms with van der Waals surface area (Å²) in [5, 5.41) is 4.51. The first kappa shape index (κ1) is 26.7. The molecule has 2 aromatic rings. The van der Waals surface area contributed by atoms with Crippen molar-refractivity contribution in [3.8, 4) is 5.75 Å². The van der Waals surface area contributed by atoms with Crippen molar-refractivity contribution in [2.24, 2.45) is 11.8 Å². The number of aromatic amines is 1. The molecule has 0 radical (unpaired) electrons. The maximum atomic E-state index is 13.5. The van der Waals surface area contributed by atoms with Gasteiger partial charge in [-0.25, -0.2) is 0 Å². The second-order valence-corrected chi connectivity index (χ2v) is 11.0. The smallest absolute Gasteiger partial charge is 0.248 e. The Balaban J connectivity index is 1.28. The third kappa shape index (κ3) is 7.83. The molecule has 198 valence electrons. The first-order valence-corrected chi connectivity index (χ1v) is 14.4. The minimum atomic E-state index is -0.0986. The van der Waals surface area contributed by atoms with Crippen LogP contribution in [0.1, 0.15) is 84.0 Å². The van der Waals surface area contributed by atoms with E-state index in [2.05, 4.69) is 22.1 Å². The van der Waals surface area contributed by atoms with Gasteiger partial charge in [0.15, 0.2) is 0 Å². The highest BCUT2D eigenvalue weighted by molar-refractivity contribution is 5.79. The lowest BCUT2D eigenvalue weighted by atomic mass is 9.88. The van der Waals surface area contributed by atoms with E-state index >= 15 is 0 Å². The van der Waals surface area contributed by atoms with Crippen LogP contribution in [0.2, 0.25) is 0 Å². The molecule has 1 aliphatic heterocycles. The van der Waals surface area contributed by atoms with Crippen molar-refractivity contribution in [2.75, 3.05) is 26.2 Å². The van der Waals surface area contributed by atoms with Gasteiger partial charge in [0.1, 0.15) is 5.75 Å². The van der Waals surface area contributed by atoms with E-state index in [1.165, 1.54) is 63.9 Å². The van der Waals surface area contributed by atoms with Crippen LogP contribution in [0.4, 0.5) is 0 Å². The number of unbranched alkanes of at least 4 members (excludes halogenated alkanes) is 1. The fraction of sp³-hybridized carbons (Fsp3) is 0.667. The van der Waals surface area contributed by atoms with E-state index in [-0.39, 0.29) is 5.56 Å². The van der Waals surface area contributed by atoms with E-state index in [9.17, 15) is 9.59 Å². The third-order valence-corrected chi connectivity index (χ3v) is 8.26. The molecule has 1 aromatic heterocycles. The van der Waals surface area contributed by atoms with Gasteiger partial charge in [-0.1, -0.05) is 32.1 Å². The number of nitrogens with one attached hydrogen (secondary N) is 2. The average Bonchev–Trinajstić information content (AvgIpc) is 2.88. The Labute approximate surface area is 216 Å². The van der Waals surface area contributed by atoms with Crippen LogP contribution >= 0.6 is 0 Å². The molecule has 1 aromatic carbocycles. The predicted molar refractivity (Wildman–Crippen MR) is 146 cm³/mol. The molecule has 1 amide bonds. The van der Waals surface area contributed by atoms with Gasteiger partial charge in [0.2, 0.25) is 11.5 Å². The molecule has 6 nitrogen and oxygen atoms in total. The van der Waals surface area contributed by atoms with Crippen molar-refractivity contribution < 1.29 is 9.53 Å². The van der Waals surface area contributed by atoms with Crippen LogP contribution in [0.25, 0.3) is 10.9 Å². The molecule has 1 saturated heterocycles. The summed E-state index contributed by atoms with van der Waals surface area (Å²) in [6.07, 6.45) is 14.0. The van der Waals surface area contributed by atoms with Gasteiger partial charge in [-0.3, -0.25) is 9.59 Å². The molecule has 36 heavy (non-hydrogen) atoms. The molecule has 0 bridgehead atoms. The van der Waals surface area contributed by atoms with Crippen molar-refractivity contribution in [2.45, 2.75) is 90.0 Å². The number of pyridine rings is 1. The van der Waals surface area contributed by atoms with Crippen molar-refractivity contribution in [3.05, 3.63) is 40.7 Å². The minimum absolute atomic E-state index is 0.0986. The summed E-state index contributed by atoms with van der Waals surface area (Å²) in [5.41, 5.74) is 0.714. The van der Waals surface area contributed by atoms with Gasteiger partial charge in [-0.15, -0.1) is 0 Å². The molecule has 0 spiro atoms. The highest BCUT2D eigenvalue weighted by Gasteiger charge is 2.30. The van der Waals surface area contributed by atoms with E-state index in [4.69, 9.17) is 4.74 Å². The lowest BCUT2D eigenvalue weighted by Gasteiger charge is -2.39. The maximum Gasteiger partial charge on any atom is 0.248 e. The zero-order chi connectivity index (χ0) is 25.2. The van der Waals surface area contributed by atoms with Gasteiger partial charge >= 0.3 is 0 Å². The number of carbonyl (C=O) groups is 1. The number of nitrogens with zero attached hydrogens (tertiary/aromatic N) is 1. The van der Waals surface area contributed by atoms with Crippen LogP contribution in [0.15, 0.2) is 35.1 Å². The standard InChI is InChI=1S/C30H45N3O3/c1-23(26-12-9-18-31-21-26)33(22-24-10-5-3-2-4-6-11-24)30(35)13-7-8-19-36-27-15-16-28-25(20-27)14-17-29(34)32-28/h14-17,20,23-24,26,31H,2-13,18-19,21-22H2,1H3,(H,32,34). The van der Waals surface area contributed by atoms with Crippen LogP contribution in [-0.4, -0.2) is 48.1 Å². The quantitative estimate of drug-likeness (QED) is 0.418. The fourth-order valence-corrected chi connectivity index (χ4v) is 5.98. The highest BCUT2D eigenvalue weighted by atomic mass is 16.5. The fourth-order valence-electron chi connectivity index (χ4n) is 5.98. The SMILES string of the molecule is CC(C1CCCNC1)N(CC1CCCCCCC1)C(=O)CCCCOc1ccc2[nH]c(=O)ccc2c1. The predicted octanol–water partition coefficient (Wildman–Crippen LogP) is 5.65. The number of fused-ring (bicyclic) bond motifs is 1. The van der Waals surface area contributed by atoms with Crippen LogP contribution in [-0.2, 0) is 4.79 Å². The van der Waals surface area contributed by atoms with Crippen LogP contribution in [0, 0.1) is 11.8 Å². The van der Waals surface area contributed by atoms with Crippen molar-refractivity contribution in [1.82, 2.24) is 15.2 Å². The lowest BCUT2D eigenvalue weighted by molar-refractivity contribution is -0.135. The summed E-state index contributed by atoms with van der Waals surface area (Å²) in [4.78, 5) is 30.1. The molecule has 2 aliphatic rings. The van der Waals surface area contributed by atoms with Crippen LogP contribution in [0.5, 0.6) is 5.75 Å². The Bertz CT molecular complexity index is 1010. The van der Waals surface area contributed by atoms with Gasteiger partial charge in [0.05, 0.1) is 6.61 Å². The second kappa shape index (κ2) is 13.8. The number of carbonyl (C=O) groups excluding carboxylic acids is 1. The summed E-state index contributed by atoms with van der Waals surface area (Å²) in [5.74, 6) is 2.33. The van der Waals surface area contributed by atoms with Crippen LogP contribution < -0.4 is 15.6 Å². The number of H-pyrrole nitrogens is 1. The Morgan fingerprint density at radius 1 is 1.03 bits per heavy atom.